The molecule has 426 valence electrons. The van der Waals surface area contributed by atoms with Crippen molar-refractivity contribution in [3.63, 3.8) is 0 Å². The third kappa shape index (κ3) is 18.1. The number of benzene rings is 2. The lowest BCUT2D eigenvalue weighted by atomic mass is 9.72. The van der Waals surface area contributed by atoms with Crippen LogP contribution in [0.4, 0.5) is 30.6 Å². The molecular formula is C49H70N8O20. The summed E-state index contributed by atoms with van der Waals surface area (Å²) < 4.78 is 40.4. The molecule has 5 rings (SSSR count). The van der Waals surface area contributed by atoms with Crippen LogP contribution in [0, 0.1) is 26.1 Å². The number of nitrogens with one attached hydrogen (secondary N) is 6. The highest BCUT2D eigenvalue weighted by atomic mass is 16.7. The predicted molar refractivity (Wildman–Crippen MR) is 267 cm³/mol. The molecule has 0 spiro atoms. The molecule has 2 fully saturated rings. The summed E-state index contributed by atoms with van der Waals surface area (Å²) in [6.45, 7) is 9.64. The maximum atomic E-state index is 13.9. The van der Waals surface area contributed by atoms with Gasteiger partial charge in [-0.3, -0.25) is 25.0 Å². The molecule has 2 aliphatic heterocycles. The van der Waals surface area contributed by atoms with E-state index in [0.29, 0.717) is 11.1 Å². The van der Waals surface area contributed by atoms with Gasteiger partial charge in [-0.2, -0.15) is 0 Å². The number of ether oxygens (including phenoxy) is 7. The Labute approximate surface area is 443 Å². The zero-order valence-corrected chi connectivity index (χ0v) is 43.9. The standard InChI is InChI=1S/C49H70N8O20/c1-47(2,3)76-44(63)51-20-19-34(58)41(61)53-33-21-32(55-46(65)77-48(4,5)6)35(36(59)39(33)75-42-37(60)40(50-8)49(7,66)25-73-42)38-31(54-45(64)72-24-27-11-15-29(16-12-27)57(69)70)18-17-30(74-38)22-52-43(62)71-23-26-9-13-28(14-10-26)56(67)68/h9-17,31-40,42,50,58-60,66H,18-25H2,1-8H3,(H,51,63)(H,52,62)(H,53,61)(H,54,64)(H,55,65)/t31-,32+,33-,34+,35-,36+,37-,38?,39+,40-,42-,49+/m1/s1. The summed E-state index contributed by atoms with van der Waals surface area (Å²) >= 11 is 0. The minimum absolute atomic E-state index is 0.0731. The van der Waals surface area contributed by atoms with Crippen molar-refractivity contribution < 1.29 is 87.4 Å². The van der Waals surface area contributed by atoms with Crippen molar-refractivity contribution in [2.24, 2.45) is 5.92 Å². The van der Waals surface area contributed by atoms with Crippen molar-refractivity contribution >= 4 is 41.7 Å². The lowest BCUT2D eigenvalue weighted by Crippen LogP contribution is -2.70. The Balaban J connectivity index is 1.48. The average Bonchev–Trinajstić information content (AvgIpc) is 3.33. The first-order valence-corrected chi connectivity index (χ1v) is 24.7. The van der Waals surface area contributed by atoms with E-state index in [-0.39, 0.29) is 69.3 Å². The summed E-state index contributed by atoms with van der Waals surface area (Å²) in [4.78, 5) is 87.7. The van der Waals surface area contributed by atoms with E-state index in [4.69, 9.17) is 33.2 Å². The van der Waals surface area contributed by atoms with Crippen LogP contribution in [-0.4, -0.2) is 165 Å². The van der Waals surface area contributed by atoms with Gasteiger partial charge in [0.2, 0.25) is 5.91 Å². The van der Waals surface area contributed by atoms with E-state index < -0.39 is 124 Å². The normalized spacial score (nSPS) is 26.7. The Morgan fingerprint density at radius 1 is 0.766 bits per heavy atom. The van der Waals surface area contributed by atoms with Crippen LogP contribution in [0.25, 0.3) is 0 Å². The Bertz CT molecular complexity index is 2410. The van der Waals surface area contributed by atoms with Gasteiger partial charge in [-0.25, -0.2) is 19.2 Å². The molecule has 2 aromatic rings. The van der Waals surface area contributed by atoms with Crippen molar-refractivity contribution in [2.45, 2.75) is 159 Å². The number of nitro groups is 2. The number of hydrogen-bond acceptors (Lipinski definition) is 21. The second-order valence-electron chi connectivity index (χ2n) is 20.9. The lowest BCUT2D eigenvalue weighted by Gasteiger charge is -2.51. The third-order valence-electron chi connectivity index (χ3n) is 12.4. The largest absolute Gasteiger partial charge is 0.491 e. The Morgan fingerprint density at radius 2 is 1.31 bits per heavy atom. The number of non-ortho nitro benzene ring substituents is 2. The number of carbonyl (C=O) groups is 5. The summed E-state index contributed by atoms with van der Waals surface area (Å²) in [5.74, 6) is -2.31. The SMILES string of the molecule is CN[C@@H]1[C@@H](O)[C@@H](O[C@@H]2[C@@H](O)[C@H](C3OC(CNC(=O)OCc4ccc([N+](=O)[O-])cc4)=CC[C@H]3NC(=O)OCc3ccc([N+](=O)[O-])cc3)[C@@H](NC(=O)OC(C)(C)C)C[C@H]2NC(=O)[C@@H](O)CCNC(=O)OC(C)(C)C)OC[C@]1(C)O. The molecule has 1 aliphatic carbocycles. The predicted octanol–water partition coefficient (Wildman–Crippen LogP) is 2.17. The van der Waals surface area contributed by atoms with Crippen LogP contribution in [-0.2, 0) is 51.2 Å². The maximum absolute atomic E-state index is 13.9. The molecular weight excluding hydrogens is 1020 g/mol. The van der Waals surface area contributed by atoms with Crippen molar-refractivity contribution in [1.82, 2.24) is 31.9 Å². The molecule has 0 aromatic heterocycles. The fourth-order valence-corrected chi connectivity index (χ4v) is 8.80. The molecule has 2 heterocycles. The zero-order valence-electron chi connectivity index (χ0n) is 43.9. The molecule has 1 saturated carbocycles. The Kier molecular flexibility index (Phi) is 20.9. The van der Waals surface area contributed by atoms with Gasteiger partial charge in [0.25, 0.3) is 11.4 Å². The fraction of sp³-hybridized carbons (Fsp3) is 0.612. The van der Waals surface area contributed by atoms with Crippen LogP contribution < -0.4 is 31.9 Å². The smallest absolute Gasteiger partial charge is 0.407 e. The van der Waals surface area contributed by atoms with Gasteiger partial charge in [-0.05, 0) is 116 Å². The van der Waals surface area contributed by atoms with Gasteiger partial charge < -0.3 is 85.5 Å². The van der Waals surface area contributed by atoms with E-state index in [2.05, 4.69) is 31.9 Å². The number of alkyl carbamates (subject to hydrolysis) is 4. The number of nitro benzene ring substituents is 2. The van der Waals surface area contributed by atoms with Crippen LogP contribution in [0.3, 0.4) is 0 Å². The first kappa shape index (κ1) is 60.9. The molecule has 1 unspecified atom stereocenters. The highest BCUT2D eigenvalue weighted by Gasteiger charge is 2.55. The number of amides is 5. The summed E-state index contributed by atoms with van der Waals surface area (Å²) in [6.07, 6.45) is -12.8. The number of aliphatic hydroxyl groups is 4. The molecule has 2 aromatic carbocycles. The minimum Gasteiger partial charge on any atom is -0.491 e. The highest BCUT2D eigenvalue weighted by molar-refractivity contribution is 5.81. The molecule has 0 bridgehead atoms. The van der Waals surface area contributed by atoms with Crippen LogP contribution in [0.5, 0.6) is 0 Å². The quantitative estimate of drug-likeness (QED) is 0.0547. The van der Waals surface area contributed by atoms with Crippen LogP contribution in [0.2, 0.25) is 0 Å². The molecule has 1 saturated heterocycles. The summed E-state index contributed by atoms with van der Waals surface area (Å²) in [6, 6.07) is 5.75. The first-order valence-electron chi connectivity index (χ1n) is 24.7. The highest BCUT2D eigenvalue weighted by Crippen LogP contribution is 2.38. The topological polar surface area (TPSA) is 389 Å². The molecule has 28 heteroatoms. The molecule has 12 atom stereocenters. The van der Waals surface area contributed by atoms with Crippen molar-refractivity contribution in [2.75, 3.05) is 26.7 Å². The monoisotopic (exact) mass is 1090 g/mol. The van der Waals surface area contributed by atoms with E-state index >= 15 is 0 Å². The summed E-state index contributed by atoms with van der Waals surface area (Å²) in [7, 11) is 1.48. The third-order valence-corrected chi connectivity index (χ3v) is 12.4. The molecule has 0 radical (unpaired) electrons. The molecule has 3 aliphatic rings. The van der Waals surface area contributed by atoms with E-state index in [1.54, 1.807) is 41.5 Å². The minimum atomic E-state index is -1.88. The number of nitrogens with zero attached hydrogens (tertiary/aromatic N) is 2. The van der Waals surface area contributed by atoms with E-state index in [0.717, 1.165) is 0 Å². The van der Waals surface area contributed by atoms with Gasteiger partial charge in [0, 0.05) is 42.8 Å². The fourth-order valence-electron chi connectivity index (χ4n) is 8.80. The van der Waals surface area contributed by atoms with Crippen molar-refractivity contribution in [3.05, 3.63) is 91.7 Å². The van der Waals surface area contributed by atoms with Gasteiger partial charge in [0.05, 0.1) is 47.2 Å². The summed E-state index contributed by atoms with van der Waals surface area (Å²) in [5.41, 5.74) is -3.03. The van der Waals surface area contributed by atoms with Crippen LogP contribution in [0.1, 0.15) is 78.9 Å². The second-order valence-corrected chi connectivity index (χ2v) is 20.9. The van der Waals surface area contributed by atoms with Crippen molar-refractivity contribution in [1.29, 1.82) is 0 Å². The number of rotatable bonds is 19. The lowest BCUT2D eigenvalue weighted by molar-refractivity contribution is -0.385. The summed E-state index contributed by atoms with van der Waals surface area (Å²) in [5, 5.41) is 84.8. The van der Waals surface area contributed by atoms with Gasteiger partial charge in [0.15, 0.2) is 6.29 Å². The molecule has 5 amide bonds. The molecule has 28 nitrogen and oxygen atoms in total. The maximum Gasteiger partial charge on any atom is 0.407 e. The van der Waals surface area contributed by atoms with Crippen LogP contribution >= 0.6 is 0 Å². The number of carbonyl (C=O) groups excluding carboxylic acids is 5. The number of hydrogen-bond donors (Lipinski definition) is 10. The Morgan fingerprint density at radius 3 is 1.86 bits per heavy atom. The van der Waals surface area contributed by atoms with E-state index in [9.17, 15) is 64.6 Å². The van der Waals surface area contributed by atoms with E-state index in [1.165, 1.54) is 68.6 Å². The Hall–Kier alpha value is -6.95. The zero-order chi connectivity index (χ0) is 57.0. The molecule has 10 N–H and O–H groups in total. The van der Waals surface area contributed by atoms with Gasteiger partial charge in [-0.15, -0.1) is 0 Å². The number of likely N-dealkylation sites (N-methyl/N-ethyl adjacent to an activating group) is 1. The first-order chi connectivity index (χ1) is 36.0. The van der Waals surface area contributed by atoms with E-state index in [1.807, 2.05) is 0 Å². The van der Waals surface area contributed by atoms with Crippen LogP contribution in [0.15, 0.2) is 60.4 Å². The van der Waals surface area contributed by atoms with Gasteiger partial charge in [0.1, 0.15) is 60.2 Å². The van der Waals surface area contributed by atoms with Crippen molar-refractivity contribution in [3.8, 4) is 0 Å². The molecule has 77 heavy (non-hydrogen) atoms. The van der Waals surface area contributed by atoms with Gasteiger partial charge >= 0.3 is 24.4 Å². The average molecular weight is 1090 g/mol. The van der Waals surface area contributed by atoms with Gasteiger partial charge in [-0.1, -0.05) is 0 Å². The number of aliphatic hydroxyl groups excluding tert-OH is 3. The second kappa shape index (κ2) is 26.4.